The number of hydrogen-bond donors (Lipinski definition) is 0. The third-order valence-electron chi connectivity index (χ3n) is 3.33. The Kier molecular flexibility index (Phi) is 5.95. The van der Waals surface area contributed by atoms with Crippen LogP contribution < -0.4 is 0 Å². The molecule has 3 heteroatoms. The first-order chi connectivity index (χ1) is 9.61. The molecule has 0 saturated heterocycles. The molecule has 0 amide bonds. The highest BCUT2D eigenvalue weighted by Crippen LogP contribution is 2.35. The summed E-state index contributed by atoms with van der Waals surface area (Å²) in [6.45, 7) is 2.21. The maximum Gasteiger partial charge on any atom is 0.0846 e. The van der Waals surface area contributed by atoms with Crippen LogP contribution in [0.1, 0.15) is 41.8 Å². The van der Waals surface area contributed by atoms with Crippen LogP contribution in [0.15, 0.2) is 46.9 Å². The van der Waals surface area contributed by atoms with Gasteiger partial charge in [-0.1, -0.05) is 71.2 Å². The molecular formula is C17H17BrCl2. The van der Waals surface area contributed by atoms with E-state index in [9.17, 15) is 0 Å². The van der Waals surface area contributed by atoms with Crippen molar-refractivity contribution in [2.75, 3.05) is 0 Å². The van der Waals surface area contributed by atoms with Crippen molar-refractivity contribution in [3.8, 4) is 0 Å². The van der Waals surface area contributed by atoms with Crippen molar-refractivity contribution in [1.29, 1.82) is 0 Å². The van der Waals surface area contributed by atoms with Crippen molar-refractivity contribution >= 4 is 39.1 Å². The molecule has 0 aliphatic rings. The summed E-state index contributed by atoms with van der Waals surface area (Å²) in [5.41, 5.74) is 3.52. The van der Waals surface area contributed by atoms with Crippen molar-refractivity contribution in [2.24, 2.45) is 0 Å². The van der Waals surface area contributed by atoms with Crippen molar-refractivity contribution in [2.45, 2.75) is 31.6 Å². The fourth-order valence-corrected chi connectivity index (χ4v) is 3.50. The number of halogens is 3. The highest BCUT2D eigenvalue weighted by atomic mass is 79.9. The Morgan fingerprint density at radius 3 is 2.40 bits per heavy atom. The molecule has 2 aromatic carbocycles. The first kappa shape index (κ1) is 15.9. The zero-order valence-electron chi connectivity index (χ0n) is 11.4. The molecule has 106 valence electrons. The van der Waals surface area contributed by atoms with Crippen molar-refractivity contribution in [1.82, 2.24) is 0 Å². The minimum Gasteiger partial charge on any atom is -0.113 e. The molecule has 0 fully saturated rings. The van der Waals surface area contributed by atoms with E-state index in [4.69, 9.17) is 23.2 Å². The maximum absolute atomic E-state index is 6.57. The molecule has 0 bridgehead atoms. The van der Waals surface area contributed by atoms with Crippen LogP contribution in [-0.4, -0.2) is 0 Å². The van der Waals surface area contributed by atoms with Crippen molar-refractivity contribution in [3.63, 3.8) is 0 Å². The van der Waals surface area contributed by atoms with Crippen LogP contribution in [0.3, 0.4) is 0 Å². The quantitative estimate of drug-likeness (QED) is 0.508. The van der Waals surface area contributed by atoms with E-state index in [-0.39, 0.29) is 5.38 Å². The molecule has 0 aliphatic heterocycles. The molecular weight excluding hydrogens is 355 g/mol. The molecule has 0 spiro atoms. The molecule has 2 rings (SSSR count). The van der Waals surface area contributed by atoms with Gasteiger partial charge in [0, 0.05) is 9.50 Å². The van der Waals surface area contributed by atoms with E-state index in [1.54, 1.807) is 0 Å². The molecule has 0 heterocycles. The number of rotatable bonds is 5. The molecule has 0 nitrogen and oxygen atoms in total. The lowest BCUT2D eigenvalue weighted by atomic mass is 10.0. The Balaban J connectivity index is 2.18. The zero-order valence-corrected chi connectivity index (χ0v) is 14.5. The Hall–Kier alpha value is -0.500. The molecule has 1 unspecified atom stereocenters. The predicted molar refractivity (Wildman–Crippen MR) is 91.9 cm³/mol. The molecule has 0 saturated carbocycles. The minimum absolute atomic E-state index is 0.165. The summed E-state index contributed by atoms with van der Waals surface area (Å²) in [5.74, 6) is 0. The Bertz CT molecular complexity index is 564. The third kappa shape index (κ3) is 4.00. The fraction of sp³-hybridized carbons (Fsp3) is 0.294. The van der Waals surface area contributed by atoms with Crippen LogP contribution in [0.5, 0.6) is 0 Å². The zero-order chi connectivity index (χ0) is 14.5. The second-order valence-corrected chi connectivity index (χ2v) is 6.60. The van der Waals surface area contributed by atoms with E-state index in [0.29, 0.717) is 5.02 Å². The second kappa shape index (κ2) is 7.49. The van der Waals surface area contributed by atoms with E-state index < -0.39 is 0 Å². The van der Waals surface area contributed by atoms with Gasteiger partial charge in [0.25, 0.3) is 0 Å². The highest BCUT2D eigenvalue weighted by Gasteiger charge is 2.14. The van der Waals surface area contributed by atoms with Gasteiger partial charge in [-0.05, 0) is 41.7 Å². The van der Waals surface area contributed by atoms with E-state index >= 15 is 0 Å². The first-order valence-electron chi connectivity index (χ1n) is 6.79. The summed E-state index contributed by atoms with van der Waals surface area (Å²) < 4.78 is 0.944. The summed E-state index contributed by atoms with van der Waals surface area (Å²) in [5, 5.41) is 0.543. The molecule has 0 radical (unpaired) electrons. The molecule has 0 aliphatic carbocycles. The average Bonchev–Trinajstić information content (AvgIpc) is 2.45. The van der Waals surface area contributed by atoms with Crippen LogP contribution in [0.25, 0.3) is 0 Å². The number of unbranched alkanes of at least 4 members (excludes halogenated alkanes) is 1. The third-order valence-corrected chi connectivity index (χ3v) is 4.74. The highest BCUT2D eigenvalue weighted by molar-refractivity contribution is 9.10. The largest absolute Gasteiger partial charge is 0.113 e. The second-order valence-electron chi connectivity index (χ2n) is 4.87. The van der Waals surface area contributed by atoms with Gasteiger partial charge >= 0.3 is 0 Å². The van der Waals surface area contributed by atoms with E-state index in [1.165, 1.54) is 18.4 Å². The number of aryl methyl sites for hydroxylation is 1. The summed E-state index contributed by atoms with van der Waals surface area (Å²) in [6, 6.07) is 14.3. The topological polar surface area (TPSA) is 0 Å². The Morgan fingerprint density at radius 2 is 1.80 bits per heavy atom. The van der Waals surface area contributed by atoms with Gasteiger partial charge in [-0.3, -0.25) is 0 Å². The van der Waals surface area contributed by atoms with E-state index in [2.05, 4.69) is 47.1 Å². The smallest absolute Gasteiger partial charge is 0.0846 e. The SMILES string of the molecule is CCCCc1ccc(C(Cl)c2ccc(Cl)cc2Br)cc1. The molecule has 1 atom stereocenters. The normalized spacial score (nSPS) is 12.4. The number of alkyl halides is 1. The molecule has 0 N–H and O–H groups in total. The Morgan fingerprint density at radius 1 is 1.10 bits per heavy atom. The lowest BCUT2D eigenvalue weighted by Crippen LogP contribution is -1.95. The first-order valence-corrected chi connectivity index (χ1v) is 8.40. The summed E-state index contributed by atoms with van der Waals surface area (Å²) in [7, 11) is 0. The van der Waals surface area contributed by atoms with Crippen LogP contribution >= 0.6 is 39.1 Å². The van der Waals surface area contributed by atoms with Gasteiger partial charge in [-0.25, -0.2) is 0 Å². The van der Waals surface area contributed by atoms with Crippen LogP contribution in [-0.2, 0) is 6.42 Å². The van der Waals surface area contributed by atoms with Crippen molar-refractivity contribution < 1.29 is 0 Å². The molecule has 20 heavy (non-hydrogen) atoms. The molecule has 0 aromatic heterocycles. The lowest BCUT2D eigenvalue weighted by Gasteiger charge is -2.13. The predicted octanol–water partition coefficient (Wildman–Crippen LogP) is 6.77. The fourth-order valence-electron chi connectivity index (χ4n) is 2.12. The van der Waals surface area contributed by atoms with Crippen LogP contribution in [0.2, 0.25) is 5.02 Å². The summed E-state index contributed by atoms with van der Waals surface area (Å²) >= 11 is 16.1. The van der Waals surface area contributed by atoms with E-state index in [0.717, 1.165) is 22.0 Å². The summed E-state index contributed by atoms with van der Waals surface area (Å²) in [4.78, 5) is 0. The van der Waals surface area contributed by atoms with Gasteiger partial charge in [0.05, 0.1) is 5.38 Å². The van der Waals surface area contributed by atoms with Gasteiger partial charge in [-0.15, -0.1) is 11.6 Å². The maximum atomic E-state index is 6.57. The molecule has 2 aromatic rings. The van der Waals surface area contributed by atoms with Gasteiger partial charge in [0.2, 0.25) is 0 Å². The van der Waals surface area contributed by atoms with Gasteiger partial charge in [0.15, 0.2) is 0 Å². The van der Waals surface area contributed by atoms with Crippen LogP contribution in [0.4, 0.5) is 0 Å². The van der Waals surface area contributed by atoms with E-state index in [1.807, 2.05) is 18.2 Å². The summed E-state index contributed by atoms with van der Waals surface area (Å²) in [6.07, 6.45) is 3.58. The monoisotopic (exact) mass is 370 g/mol. The average molecular weight is 372 g/mol. The van der Waals surface area contributed by atoms with Gasteiger partial charge in [0.1, 0.15) is 0 Å². The standard InChI is InChI=1S/C17H17BrCl2/c1-2-3-4-12-5-7-13(8-6-12)17(20)15-10-9-14(19)11-16(15)18/h5-11,17H,2-4H2,1H3. The van der Waals surface area contributed by atoms with Crippen LogP contribution in [0, 0.1) is 0 Å². The Labute approximate surface area is 139 Å². The lowest BCUT2D eigenvalue weighted by molar-refractivity contribution is 0.794. The van der Waals surface area contributed by atoms with Gasteiger partial charge in [-0.2, -0.15) is 0 Å². The number of benzene rings is 2. The minimum atomic E-state index is -0.165. The number of hydrogen-bond acceptors (Lipinski definition) is 0. The van der Waals surface area contributed by atoms with Gasteiger partial charge < -0.3 is 0 Å². The van der Waals surface area contributed by atoms with Crippen molar-refractivity contribution in [3.05, 3.63) is 68.7 Å².